The number of likely N-dealkylation sites (N-methyl/N-ethyl adjacent to an activating group) is 1. The van der Waals surface area contributed by atoms with Gasteiger partial charge in [-0.3, -0.25) is 4.90 Å². The lowest BCUT2D eigenvalue weighted by atomic mass is 10.1. The average molecular weight is 274 g/mol. The van der Waals surface area contributed by atoms with E-state index in [-0.39, 0.29) is 6.54 Å². The molecule has 0 amide bonds. The van der Waals surface area contributed by atoms with Crippen molar-refractivity contribution in [2.24, 2.45) is 5.73 Å². The summed E-state index contributed by atoms with van der Waals surface area (Å²) in [6.07, 6.45) is -2.37. The Labute approximate surface area is 112 Å². The zero-order valence-corrected chi connectivity index (χ0v) is 11.4. The molecule has 0 aliphatic rings. The van der Waals surface area contributed by atoms with E-state index in [1.165, 1.54) is 12.0 Å². The van der Waals surface area contributed by atoms with Crippen molar-refractivity contribution >= 4 is 0 Å². The Morgan fingerprint density at radius 2 is 1.89 bits per heavy atom. The molecule has 6 heteroatoms. The van der Waals surface area contributed by atoms with Gasteiger partial charge in [-0.15, -0.1) is 0 Å². The van der Waals surface area contributed by atoms with Crippen LogP contribution in [0.2, 0.25) is 0 Å². The maximum Gasteiger partial charge on any atom is 0.251 e. The summed E-state index contributed by atoms with van der Waals surface area (Å²) in [4.78, 5) is 1.50. The van der Waals surface area contributed by atoms with Crippen molar-refractivity contribution in [3.8, 4) is 11.5 Å². The zero-order valence-electron chi connectivity index (χ0n) is 11.4. The van der Waals surface area contributed by atoms with Gasteiger partial charge in [-0.05, 0) is 13.1 Å². The van der Waals surface area contributed by atoms with Crippen LogP contribution in [0.1, 0.15) is 11.6 Å². The van der Waals surface area contributed by atoms with E-state index >= 15 is 0 Å². The minimum atomic E-state index is -2.37. The minimum absolute atomic E-state index is 0.299. The van der Waals surface area contributed by atoms with Crippen LogP contribution in [-0.2, 0) is 0 Å². The van der Waals surface area contributed by atoms with E-state index < -0.39 is 12.5 Å². The van der Waals surface area contributed by atoms with Crippen LogP contribution in [0.15, 0.2) is 18.2 Å². The molecule has 4 nitrogen and oxygen atoms in total. The molecule has 0 saturated carbocycles. The molecule has 0 aliphatic heterocycles. The van der Waals surface area contributed by atoms with Crippen molar-refractivity contribution in [3.63, 3.8) is 0 Å². The summed E-state index contributed by atoms with van der Waals surface area (Å²) in [7, 11) is 4.71. The second kappa shape index (κ2) is 7.25. The number of halogens is 2. The van der Waals surface area contributed by atoms with Gasteiger partial charge in [0.15, 0.2) is 0 Å². The molecule has 1 rings (SSSR count). The van der Waals surface area contributed by atoms with Crippen molar-refractivity contribution in [2.45, 2.75) is 12.5 Å². The first kappa shape index (κ1) is 15.7. The first-order valence-electron chi connectivity index (χ1n) is 5.92. The Balaban J connectivity index is 2.78. The van der Waals surface area contributed by atoms with Crippen LogP contribution in [-0.4, -0.2) is 45.7 Å². The van der Waals surface area contributed by atoms with Gasteiger partial charge in [0.25, 0.3) is 6.43 Å². The Morgan fingerprint density at radius 3 is 2.42 bits per heavy atom. The molecule has 0 fully saturated rings. The monoisotopic (exact) mass is 274 g/mol. The fourth-order valence-corrected chi connectivity index (χ4v) is 1.87. The summed E-state index contributed by atoms with van der Waals surface area (Å²) in [6.45, 7) is 0.0270. The molecule has 1 aromatic carbocycles. The number of alkyl halides is 2. The Kier molecular flexibility index (Phi) is 5.98. The SMILES string of the molecule is COc1ccc(C(N)CN(C)CC(F)F)c(OC)c1. The highest BCUT2D eigenvalue weighted by atomic mass is 19.3. The van der Waals surface area contributed by atoms with E-state index in [9.17, 15) is 8.78 Å². The van der Waals surface area contributed by atoms with Crippen LogP contribution in [0.4, 0.5) is 8.78 Å². The lowest BCUT2D eigenvalue weighted by Crippen LogP contribution is -2.32. The molecule has 1 unspecified atom stereocenters. The largest absolute Gasteiger partial charge is 0.497 e. The van der Waals surface area contributed by atoms with Crippen molar-refractivity contribution in [3.05, 3.63) is 23.8 Å². The summed E-state index contributed by atoms with van der Waals surface area (Å²) in [5.74, 6) is 1.26. The van der Waals surface area contributed by atoms with Gasteiger partial charge in [-0.25, -0.2) is 8.78 Å². The van der Waals surface area contributed by atoms with E-state index in [0.717, 1.165) is 5.56 Å². The molecule has 1 atom stereocenters. The summed E-state index contributed by atoms with van der Waals surface area (Å²) in [5, 5.41) is 0. The topological polar surface area (TPSA) is 47.7 Å². The molecule has 0 spiro atoms. The predicted octanol–water partition coefficient (Wildman–Crippen LogP) is 1.90. The van der Waals surface area contributed by atoms with Crippen LogP contribution in [0.25, 0.3) is 0 Å². The van der Waals surface area contributed by atoms with Gasteiger partial charge < -0.3 is 15.2 Å². The number of nitrogens with zero attached hydrogens (tertiary/aromatic N) is 1. The van der Waals surface area contributed by atoms with Crippen LogP contribution < -0.4 is 15.2 Å². The summed E-state index contributed by atoms with van der Waals surface area (Å²) < 4.78 is 34.9. The minimum Gasteiger partial charge on any atom is -0.497 e. The van der Waals surface area contributed by atoms with E-state index in [0.29, 0.717) is 18.0 Å². The first-order chi connectivity index (χ1) is 8.97. The van der Waals surface area contributed by atoms with Crippen molar-refractivity contribution in [1.29, 1.82) is 0 Å². The molecule has 2 N–H and O–H groups in total. The predicted molar refractivity (Wildman–Crippen MR) is 70.0 cm³/mol. The van der Waals surface area contributed by atoms with Gasteiger partial charge in [0, 0.05) is 24.2 Å². The molecule has 0 bridgehead atoms. The summed E-state index contributed by atoms with van der Waals surface area (Å²) in [6, 6.07) is 4.88. The van der Waals surface area contributed by atoms with Gasteiger partial charge >= 0.3 is 0 Å². The third-order valence-corrected chi connectivity index (χ3v) is 2.80. The molecule has 0 aromatic heterocycles. The van der Waals surface area contributed by atoms with Gasteiger partial charge in [-0.2, -0.15) is 0 Å². The van der Waals surface area contributed by atoms with Crippen LogP contribution in [0.3, 0.4) is 0 Å². The number of ether oxygens (including phenoxy) is 2. The second-order valence-electron chi connectivity index (χ2n) is 4.33. The summed E-state index contributed by atoms with van der Waals surface area (Å²) in [5.41, 5.74) is 6.80. The van der Waals surface area contributed by atoms with Gasteiger partial charge in [-0.1, -0.05) is 6.07 Å². The molecular weight excluding hydrogens is 254 g/mol. The molecule has 108 valence electrons. The molecule has 19 heavy (non-hydrogen) atoms. The van der Waals surface area contributed by atoms with Crippen molar-refractivity contribution in [2.75, 3.05) is 34.4 Å². The third kappa shape index (κ3) is 4.65. The van der Waals surface area contributed by atoms with Crippen LogP contribution in [0.5, 0.6) is 11.5 Å². The zero-order chi connectivity index (χ0) is 14.4. The lowest BCUT2D eigenvalue weighted by Gasteiger charge is -2.22. The molecular formula is C13H20F2N2O2. The van der Waals surface area contributed by atoms with Gasteiger partial charge in [0.2, 0.25) is 0 Å². The fraction of sp³-hybridized carbons (Fsp3) is 0.538. The number of nitrogens with two attached hydrogens (primary N) is 1. The Bertz CT molecular complexity index is 402. The fourth-order valence-electron chi connectivity index (χ4n) is 1.87. The van der Waals surface area contributed by atoms with Crippen molar-refractivity contribution < 1.29 is 18.3 Å². The number of benzene rings is 1. The number of methoxy groups -OCH3 is 2. The van der Waals surface area contributed by atoms with Gasteiger partial charge in [0.05, 0.1) is 20.8 Å². The van der Waals surface area contributed by atoms with E-state index in [1.54, 1.807) is 32.4 Å². The van der Waals surface area contributed by atoms with E-state index in [4.69, 9.17) is 15.2 Å². The molecule has 0 aliphatic carbocycles. The average Bonchev–Trinajstić information content (AvgIpc) is 2.36. The maximum atomic E-state index is 12.3. The quantitative estimate of drug-likeness (QED) is 0.825. The Morgan fingerprint density at radius 1 is 1.21 bits per heavy atom. The lowest BCUT2D eigenvalue weighted by molar-refractivity contribution is 0.0977. The smallest absolute Gasteiger partial charge is 0.251 e. The van der Waals surface area contributed by atoms with Crippen LogP contribution in [0, 0.1) is 0 Å². The first-order valence-corrected chi connectivity index (χ1v) is 5.92. The van der Waals surface area contributed by atoms with E-state index in [2.05, 4.69) is 0 Å². The summed E-state index contributed by atoms with van der Waals surface area (Å²) >= 11 is 0. The highest BCUT2D eigenvalue weighted by Gasteiger charge is 2.16. The highest BCUT2D eigenvalue weighted by molar-refractivity contribution is 5.42. The Hall–Kier alpha value is -1.40. The standard InChI is InChI=1S/C13H20F2N2O2/c1-17(8-13(14)15)7-11(16)10-5-4-9(18-2)6-12(10)19-3/h4-6,11,13H,7-8,16H2,1-3H3. The molecule has 0 radical (unpaired) electrons. The number of hydrogen-bond donors (Lipinski definition) is 1. The number of rotatable bonds is 7. The number of hydrogen-bond acceptors (Lipinski definition) is 4. The van der Waals surface area contributed by atoms with E-state index in [1.807, 2.05) is 0 Å². The van der Waals surface area contributed by atoms with Gasteiger partial charge in [0.1, 0.15) is 11.5 Å². The maximum absolute atomic E-state index is 12.3. The van der Waals surface area contributed by atoms with Crippen molar-refractivity contribution in [1.82, 2.24) is 4.90 Å². The molecule has 0 heterocycles. The molecule has 1 aromatic rings. The second-order valence-corrected chi connectivity index (χ2v) is 4.33. The third-order valence-electron chi connectivity index (χ3n) is 2.80. The van der Waals surface area contributed by atoms with Crippen LogP contribution >= 0.6 is 0 Å². The normalized spacial score (nSPS) is 12.8. The highest BCUT2D eigenvalue weighted by Crippen LogP contribution is 2.28. The molecule has 0 saturated heterocycles.